The van der Waals surface area contributed by atoms with Gasteiger partial charge < -0.3 is 20.5 Å². The molecule has 0 bridgehead atoms. The first-order valence-corrected chi connectivity index (χ1v) is 8.20. The van der Waals surface area contributed by atoms with E-state index in [1.807, 2.05) is 30.3 Å². The Morgan fingerprint density at radius 3 is 2.43 bits per heavy atom. The quantitative estimate of drug-likeness (QED) is 0.625. The molecule has 3 aromatic rings. The van der Waals surface area contributed by atoms with Crippen molar-refractivity contribution in [3.63, 3.8) is 0 Å². The molecule has 0 aliphatic carbocycles. The Balaban J connectivity index is 1.78. The Hall–Kier alpha value is -3.95. The highest BCUT2D eigenvalue weighted by Crippen LogP contribution is 2.33. The van der Waals surface area contributed by atoms with Gasteiger partial charge in [-0.3, -0.25) is 9.59 Å². The number of hydrogen-bond acceptors (Lipinski definition) is 7. The molecule has 3 rings (SSSR count). The zero-order valence-electron chi connectivity index (χ0n) is 15.2. The second-order valence-corrected chi connectivity index (χ2v) is 5.67. The number of methoxy groups -OCH3 is 2. The Morgan fingerprint density at radius 1 is 1.11 bits per heavy atom. The molecule has 0 aliphatic heterocycles. The summed E-state index contributed by atoms with van der Waals surface area (Å²) < 4.78 is 10.3. The maximum atomic E-state index is 12.4. The topological polar surface area (TPSA) is 134 Å². The zero-order chi connectivity index (χ0) is 20.1. The van der Waals surface area contributed by atoms with E-state index >= 15 is 0 Å². The fraction of sp³-hybridized carbons (Fsp3) is 0.167. The van der Waals surface area contributed by atoms with Crippen molar-refractivity contribution in [2.45, 2.75) is 6.54 Å². The van der Waals surface area contributed by atoms with Crippen LogP contribution in [0.4, 0.5) is 5.69 Å². The Labute approximate surface area is 160 Å². The molecule has 28 heavy (non-hydrogen) atoms. The van der Waals surface area contributed by atoms with E-state index in [0.717, 1.165) is 10.4 Å². The Kier molecular flexibility index (Phi) is 5.49. The van der Waals surface area contributed by atoms with Gasteiger partial charge in [0.25, 0.3) is 5.91 Å². The molecule has 2 aromatic carbocycles. The lowest BCUT2D eigenvalue weighted by atomic mass is 10.1. The van der Waals surface area contributed by atoms with Crippen molar-refractivity contribution < 1.29 is 19.1 Å². The van der Waals surface area contributed by atoms with E-state index < -0.39 is 11.8 Å². The molecule has 3 N–H and O–H groups in total. The van der Waals surface area contributed by atoms with E-state index in [1.54, 1.807) is 0 Å². The van der Waals surface area contributed by atoms with Crippen molar-refractivity contribution in [1.82, 2.24) is 20.2 Å². The first kappa shape index (κ1) is 18.8. The van der Waals surface area contributed by atoms with Crippen LogP contribution in [0, 0.1) is 0 Å². The highest BCUT2D eigenvalue weighted by molar-refractivity contribution is 6.03. The summed E-state index contributed by atoms with van der Waals surface area (Å²) >= 11 is 0. The van der Waals surface area contributed by atoms with E-state index in [1.165, 1.54) is 26.4 Å². The van der Waals surface area contributed by atoms with Crippen LogP contribution in [-0.4, -0.2) is 46.2 Å². The lowest BCUT2D eigenvalue weighted by Crippen LogP contribution is -2.23. The number of amides is 2. The number of nitrogens with one attached hydrogen (secondary N) is 1. The molecule has 0 saturated heterocycles. The third kappa shape index (κ3) is 4.06. The first-order chi connectivity index (χ1) is 13.5. The van der Waals surface area contributed by atoms with Gasteiger partial charge in [0, 0.05) is 11.6 Å². The van der Waals surface area contributed by atoms with E-state index in [0.29, 0.717) is 17.3 Å². The predicted octanol–water partition coefficient (Wildman–Crippen LogP) is 1.09. The third-order valence-electron chi connectivity index (χ3n) is 3.83. The molecule has 0 aliphatic rings. The largest absolute Gasteiger partial charge is 0.493 e. The van der Waals surface area contributed by atoms with Crippen LogP contribution >= 0.6 is 0 Å². The van der Waals surface area contributed by atoms with Crippen molar-refractivity contribution in [2.24, 2.45) is 5.73 Å². The molecule has 0 fully saturated rings. The molecule has 2 amide bonds. The molecule has 10 heteroatoms. The van der Waals surface area contributed by atoms with Crippen LogP contribution < -0.4 is 20.5 Å². The minimum atomic E-state index is -0.721. The van der Waals surface area contributed by atoms with Crippen LogP contribution in [0.1, 0.15) is 10.4 Å². The van der Waals surface area contributed by atoms with Crippen LogP contribution in [0.25, 0.3) is 11.4 Å². The van der Waals surface area contributed by atoms with E-state index in [9.17, 15) is 9.59 Å². The van der Waals surface area contributed by atoms with Crippen molar-refractivity contribution in [1.29, 1.82) is 0 Å². The second kappa shape index (κ2) is 8.16. The summed E-state index contributed by atoms with van der Waals surface area (Å²) in [7, 11) is 2.87. The van der Waals surface area contributed by atoms with Gasteiger partial charge in [0.15, 0.2) is 11.5 Å². The summed E-state index contributed by atoms with van der Waals surface area (Å²) in [6, 6.07) is 12.1. The van der Waals surface area contributed by atoms with E-state index in [2.05, 4.69) is 20.7 Å². The smallest absolute Gasteiger partial charge is 0.250 e. The van der Waals surface area contributed by atoms with Gasteiger partial charge in [-0.1, -0.05) is 30.3 Å². The molecule has 0 unspecified atom stereocenters. The third-order valence-corrected chi connectivity index (χ3v) is 3.83. The number of aromatic nitrogens is 4. The number of nitrogens with zero attached hydrogens (tertiary/aromatic N) is 4. The summed E-state index contributed by atoms with van der Waals surface area (Å²) in [5.74, 6) is -0.127. The lowest BCUT2D eigenvalue weighted by molar-refractivity contribution is -0.117. The summed E-state index contributed by atoms with van der Waals surface area (Å²) in [6.45, 7) is -0.202. The van der Waals surface area contributed by atoms with E-state index in [-0.39, 0.29) is 17.8 Å². The zero-order valence-corrected chi connectivity index (χ0v) is 15.2. The first-order valence-electron chi connectivity index (χ1n) is 8.20. The van der Waals surface area contributed by atoms with Gasteiger partial charge in [-0.2, -0.15) is 4.80 Å². The van der Waals surface area contributed by atoms with Crippen LogP contribution in [0.3, 0.4) is 0 Å². The SMILES string of the molecule is COc1cc(NC(=O)Cn2nnc(-c3ccccc3)n2)c(C(N)=O)cc1OC. The Bertz CT molecular complexity index is 1000. The molecule has 144 valence electrons. The van der Waals surface area contributed by atoms with Crippen molar-refractivity contribution in [2.75, 3.05) is 19.5 Å². The summed E-state index contributed by atoms with van der Waals surface area (Å²) in [5, 5.41) is 14.6. The highest BCUT2D eigenvalue weighted by Gasteiger charge is 2.17. The minimum absolute atomic E-state index is 0.0857. The number of primary amides is 1. The summed E-state index contributed by atoms with van der Waals surface area (Å²) in [5.41, 5.74) is 6.46. The minimum Gasteiger partial charge on any atom is -0.493 e. The summed E-state index contributed by atoms with van der Waals surface area (Å²) in [4.78, 5) is 25.3. The maximum Gasteiger partial charge on any atom is 0.250 e. The standard InChI is InChI=1S/C18H18N6O4/c1-27-14-8-12(17(19)26)13(9-15(14)28-2)20-16(25)10-24-22-18(21-23-24)11-6-4-3-5-7-11/h3-9H,10H2,1-2H3,(H2,19,26)(H,20,25). The summed E-state index contributed by atoms with van der Waals surface area (Å²) in [6.07, 6.45) is 0. The van der Waals surface area contributed by atoms with Crippen molar-refractivity contribution in [3.05, 3.63) is 48.0 Å². The lowest BCUT2D eigenvalue weighted by Gasteiger charge is -2.14. The number of rotatable bonds is 7. The average molecular weight is 382 g/mol. The number of hydrogen-bond donors (Lipinski definition) is 2. The van der Waals surface area contributed by atoms with Crippen LogP contribution in [0.2, 0.25) is 0 Å². The molecule has 0 radical (unpaired) electrons. The molecule has 0 saturated carbocycles. The number of tetrazole rings is 1. The molecule has 0 atom stereocenters. The highest BCUT2D eigenvalue weighted by atomic mass is 16.5. The fourth-order valence-corrected chi connectivity index (χ4v) is 2.52. The van der Waals surface area contributed by atoms with Crippen LogP contribution in [-0.2, 0) is 11.3 Å². The number of carbonyl (C=O) groups is 2. The molecule has 1 heterocycles. The molecule has 1 aromatic heterocycles. The van der Waals surface area contributed by atoms with Gasteiger partial charge in [0.2, 0.25) is 11.7 Å². The fourth-order valence-electron chi connectivity index (χ4n) is 2.52. The Morgan fingerprint density at radius 2 is 1.79 bits per heavy atom. The van der Waals surface area contributed by atoms with Gasteiger partial charge >= 0.3 is 0 Å². The van der Waals surface area contributed by atoms with Crippen LogP contribution in [0.15, 0.2) is 42.5 Å². The average Bonchev–Trinajstić information content (AvgIpc) is 3.16. The van der Waals surface area contributed by atoms with Crippen molar-refractivity contribution >= 4 is 17.5 Å². The number of carbonyl (C=O) groups excluding carboxylic acids is 2. The van der Waals surface area contributed by atoms with Gasteiger partial charge in [-0.25, -0.2) is 0 Å². The molecule has 0 spiro atoms. The van der Waals surface area contributed by atoms with Gasteiger partial charge in [-0.15, -0.1) is 10.2 Å². The second-order valence-electron chi connectivity index (χ2n) is 5.67. The predicted molar refractivity (Wildman–Crippen MR) is 99.9 cm³/mol. The number of benzene rings is 2. The monoisotopic (exact) mass is 382 g/mol. The van der Waals surface area contributed by atoms with Gasteiger partial charge in [0.05, 0.1) is 25.5 Å². The number of ether oxygens (including phenoxy) is 2. The van der Waals surface area contributed by atoms with E-state index in [4.69, 9.17) is 15.2 Å². The van der Waals surface area contributed by atoms with Crippen LogP contribution in [0.5, 0.6) is 11.5 Å². The number of nitrogens with two attached hydrogens (primary N) is 1. The maximum absolute atomic E-state index is 12.4. The normalized spacial score (nSPS) is 10.4. The van der Waals surface area contributed by atoms with Crippen molar-refractivity contribution in [3.8, 4) is 22.9 Å². The molecule has 10 nitrogen and oxygen atoms in total. The molecular formula is C18H18N6O4. The van der Waals surface area contributed by atoms with Gasteiger partial charge in [-0.05, 0) is 11.3 Å². The molecular weight excluding hydrogens is 364 g/mol. The van der Waals surface area contributed by atoms with Gasteiger partial charge in [0.1, 0.15) is 6.54 Å². The number of anilines is 1.